The number of hydrogen-bond donors (Lipinski definition) is 1. The van der Waals surface area contributed by atoms with Crippen molar-refractivity contribution in [3.05, 3.63) is 76.0 Å². The summed E-state index contributed by atoms with van der Waals surface area (Å²) in [5, 5.41) is 7.41. The van der Waals surface area contributed by atoms with Crippen LogP contribution < -0.4 is 5.32 Å². The van der Waals surface area contributed by atoms with Crippen LogP contribution in [0, 0.1) is 6.92 Å². The van der Waals surface area contributed by atoms with E-state index in [0.717, 1.165) is 27.2 Å². The molecule has 0 spiro atoms. The molecular weight excluding hydrogens is 380 g/mol. The number of halogens is 1. The molecule has 4 aromatic rings. The Bertz CT molecular complexity index is 1100. The van der Waals surface area contributed by atoms with Gasteiger partial charge in [-0.2, -0.15) is 0 Å². The van der Waals surface area contributed by atoms with Crippen LogP contribution in [0.1, 0.15) is 21.8 Å². The van der Waals surface area contributed by atoms with Crippen molar-refractivity contribution in [3.8, 4) is 10.6 Å². The lowest BCUT2D eigenvalue weighted by atomic mass is 10.1. The molecule has 6 heteroatoms. The second kappa shape index (κ2) is 7.55. The predicted molar refractivity (Wildman–Crippen MR) is 110 cm³/mol. The molecule has 0 unspecified atom stereocenters. The van der Waals surface area contributed by atoms with Gasteiger partial charge in [0.05, 0.1) is 5.69 Å². The van der Waals surface area contributed by atoms with Crippen LogP contribution in [-0.4, -0.2) is 17.4 Å². The molecular formula is C21H17ClN2O2S. The van der Waals surface area contributed by atoms with Gasteiger partial charge in [0, 0.05) is 39.9 Å². The summed E-state index contributed by atoms with van der Waals surface area (Å²) in [6.45, 7) is 2.36. The summed E-state index contributed by atoms with van der Waals surface area (Å²) >= 11 is 7.64. The van der Waals surface area contributed by atoms with Crippen LogP contribution in [0.4, 0.5) is 0 Å². The molecule has 136 valence electrons. The van der Waals surface area contributed by atoms with E-state index in [1.807, 2.05) is 48.7 Å². The summed E-state index contributed by atoms with van der Waals surface area (Å²) in [5.74, 6) is 0.105. The van der Waals surface area contributed by atoms with Crippen molar-refractivity contribution in [1.29, 1.82) is 0 Å². The largest absolute Gasteiger partial charge is 0.451 e. The van der Waals surface area contributed by atoms with Gasteiger partial charge in [0.1, 0.15) is 10.6 Å². The average molecular weight is 397 g/mol. The number of furan rings is 1. The highest BCUT2D eigenvalue weighted by molar-refractivity contribution is 7.13. The predicted octanol–water partition coefficient (Wildman–Crippen LogP) is 5.49. The summed E-state index contributed by atoms with van der Waals surface area (Å²) in [4.78, 5) is 17.1. The molecule has 0 atom stereocenters. The molecule has 27 heavy (non-hydrogen) atoms. The SMILES string of the molecule is Cc1c(C(=O)NCCc2csc(-c3ccccc3)n2)oc2ccc(Cl)cc12. The first kappa shape index (κ1) is 17.8. The fraction of sp³-hybridized carbons (Fsp3) is 0.143. The van der Waals surface area contributed by atoms with E-state index in [1.54, 1.807) is 23.5 Å². The van der Waals surface area contributed by atoms with E-state index in [-0.39, 0.29) is 5.91 Å². The maximum Gasteiger partial charge on any atom is 0.287 e. The number of fused-ring (bicyclic) bond motifs is 1. The zero-order chi connectivity index (χ0) is 18.8. The molecule has 0 bridgehead atoms. The van der Waals surface area contributed by atoms with Gasteiger partial charge in [0.25, 0.3) is 5.91 Å². The lowest BCUT2D eigenvalue weighted by Crippen LogP contribution is -2.25. The van der Waals surface area contributed by atoms with E-state index >= 15 is 0 Å². The van der Waals surface area contributed by atoms with Crippen molar-refractivity contribution in [2.45, 2.75) is 13.3 Å². The van der Waals surface area contributed by atoms with Gasteiger partial charge in [-0.15, -0.1) is 11.3 Å². The van der Waals surface area contributed by atoms with Gasteiger partial charge in [-0.05, 0) is 25.1 Å². The first-order valence-electron chi connectivity index (χ1n) is 8.58. The first-order valence-corrected chi connectivity index (χ1v) is 9.84. The molecule has 0 saturated carbocycles. The number of thiazole rings is 1. The zero-order valence-electron chi connectivity index (χ0n) is 14.7. The monoisotopic (exact) mass is 396 g/mol. The van der Waals surface area contributed by atoms with Crippen LogP contribution in [-0.2, 0) is 6.42 Å². The molecule has 1 amide bonds. The standard InChI is InChI=1S/C21H17ClN2O2S/c1-13-17-11-15(22)7-8-18(17)26-19(13)20(25)23-10-9-16-12-27-21(24-16)14-5-3-2-4-6-14/h2-8,11-12H,9-10H2,1H3,(H,23,25). The van der Waals surface area contributed by atoms with E-state index in [9.17, 15) is 4.79 Å². The number of benzene rings is 2. The van der Waals surface area contributed by atoms with E-state index in [1.165, 1.54) is 0 Å². The Hall–Kier alpha value is -2.63. The van der Waals surface area contributed by atoms with Gasteiger partial charge in [-0.25, -0.2) is 4.98 Å². The van der Waals surface area contributed by atoms with Crippen molar-refractivity contribution in [3.63, 3.8) is 0 Å². The minimum Gasteiger partial charge on any atom is -0.451 e. The Morgan fingerprint density at radius 2 is 2.04 bits per heavy atom. The average Bonchev–Trinajstić information content (AvgIpc) is 3.28. The third-order valence-corrected chi connectivity index (χ3v) is 5.52. The maximum absolute atomic E-state index is 12.5. The third-order valence-electron chi connectivity index (χ3n) is 4.34. The van der Waals surface area contributed by atoms with Gasteiger partial charge in [-0.3, -0.25) is 4.79 Å². The fourth-order valence-electron chi connectivity index (χ4n) is 2.93. The molecule has 2 aromatic carbocycles. The Kier molecular flexibility index (Phi) is 4.97. The molecule has 1 N–H and O–H groups in total. The van der Waals surface area contributed by atoms with Crippen LogP contribution in [0.25, 0.3) is 21.5 Å². The lowest BCUT2D eigenvalue weighted by Gasteiger charge is -2.02. The molecule has 2 heterocycles. The first-order chi connectivity index (χ1) is 13.1. The van der Waals surface area contributed by atoms with Crippen molar-refractivity contribution in [2.75, 3.05) is 6.54 Å². The van der Waals surface area contributed by atoms with E-state index in [0.29, 0.717) is 29.3 Å². The van der Waals surface area contributed by atoms with Crippen molar-refractivity contribution in [1.82, 2.24) is 10.3 Å². The summed E-state index contributed by atoms with van der Waals surface area (Å²) < 4.78 is 5.70. The quantitative estimate of drug-likeness (QED) is 0.485. The molecule has 4 rings (SSSR count). The van der Waals surface area contributed by atoms with Crippen molar-refractivity contribution in [2.24, 2.45) is 0 Å². The van der Waals surface area contributed by atoms with Crippen LogP contribution in [0.3, 0.4) is 0 Å². The molecule has 0 fully saturated rings. The Morgan fingerprint density at radius 3 is 2.85 bits per heavy atom. The van der Waals surface area contributed by atoms with E-state index in [2.05, 4.69) is 10.3 Å². The summed E-state index contributed by atoms with van der Waals surface area (Å²) in [5.41, 5.74) is 3.53. The number of carbonyl (C=O) groups excluding carboxylic acids is 1. The van der Waals surface area contributed by atoms with Gasteiger partial charge in [-0.1, -0.05) is 41.9 Å². The molecule has 0 aliphatic carbocycles. The van der Waals surface area contributed by atoms with Crippen LogP contribution >= 0.6 is 22.9 Å². The van der Waals surface area contributed by atoms with Gasteiger partial charge in [0.15, 0.2) is 5.76 Å². The number of aryl methyl sites for hydroxylation is 1. The number of amides is 1. The second-order valence-electron chi connectivity index (χ2n) is 6.21. The van der Waals surface area contributed by atoms with Crippen molar-refractivity contribution >= 4 is 39.8 Å². The molecule has 0 saturated heterocycles. The molecule has 0 aliphatic heterocycles. The number of rotatable bonds is 5. The highest BCUT2D eigenvalue weighted by Crippen LogP contribution is 2.28. The minimum atomic E-state index is -0.224. The lowest BCUT2D eigenvalue weighted by molar-refractivity contribution is 0.0927. The van der Waals surface area contributed by atoms with Crippen LogP contribution in [0.5, 0.6) is 0 Å². The Balaban J connectivity index is 1.40. The van der Waals surface area contributed by atoms with Crippen LogP contribution in [0.2, 0.25) is 5.02 Å². The number of carbonyl (C=O) groups is 1. The number of nitrogens with one attached hydrogen (secondary N) is 1. The summed E-state index contributed by atoms with van der Waals surface area (Å²) in [6, 6.07) is 15.4. The highest BCUT2D eigenvalue weighted by atomic mass is 35.5. The Morgan fingerprint density at radius 1 is 1.22 bits per heavy atom. The zero-order valence-corrected chi connectivity index (χ0v) is 16.2. The molecule has 0 aliphatic rings. The second-order valence-corrected chi connectivity index (χ2v) is 7.51. The number of hydrogen-bond acceptors (Lipinski definition) is 4. The smallest absolute Gasteiger partial charge is 0.287 e. The topological polar surface area (TPSA) is 55.1 Å². The number of aromatic nitrogens is 1. The normalized spacial score (nSPS) is 11.0. The fourth-order valence-corrected chi connectivity index (χ4v) is 3.96. The molecule has 2 aromatic heterocycles. The van der Waals surface area contributed by atoms with Gasteiger partial charge < -0.3 is 9.73 Å². The minimum absolute atomic E-state index is 0.224. The van der Waals surface area contributed by atoms with E-state index in [4.69, 9.17) is 16.0 Å². The molecule has 0 radical (unpaired) electrons. The Labute approximate surface area is 165 Å². The summed E-state index contributed by atoms with van der Waals surface area (Å²) in [6.07, 6.45) is 0.667. The third kappa shape index (κ3) is 3.75. The van der Waals surface area contributed by atoms with Gasteiger partial charge in [0.2, 0.25) is 0 Å². The summed E-state index contributed by atoms with van der Waals surface area (Å²) in [7, 11) is 0. The van der Waals surface area contributed by atoms with Crippen molar-refractivity contribution < 1.29 is 9.21 Å². The molecule has 4 nitrogen and oxygen atoms in total. The highest BCUT2D eigenvalue weighted by Gasteiger charge is 2.17. The maximum atomic E-state index is 12.5. The van der Waals surface area contributed by atoms with Crippen LogP contribution in [0.15, 0.2) is 58.3 Å². The van der Waals surface area contributed by atoms with E-state index < -0.39 is 0 Å². The number of nitrogens with zero attached hydrogens (tertiary/aromatic N) is 1. The van der Waals surface area contributed by atoms with Gasteiger partial charge >= 0.3 is 0 Å².